The average Bonchev–Trinajstić information content (AvgIpc) is 2.82. The highest BCUT2D eigenvalue weighted by Crippen LogP contribution is 2.46. The fourth-order valence-corrected chi connectivity index (χ4v) is 4.61. The van der Waals surface area contributed by atoms with E-state index in [-0.39, 0.29) is 16.4 Å². The molecule has 3 aromatic rings. The van der Waals surface area contributed by atoms with Crippen molar-refractivity contribution in [2.45, 2.75) is 43.7 Å². The molecule has 0 bridgehead atoms. The van der Waals surface area contributed by atoms with E-state index in [1.54, 1.807) is 6.07 Å². The first-order valence-corrected chi connectivity index (χ1v) is 10.5. The molecule has 1 unspecified atom stereocenters. The molecule has 1 atom stereocenters. The first-order valence-electron chi connectivity index (χ1n) is 9.05. The van der Waals surface area contributed by atoms with Crippen molar-refractivity contribution in [3.63, 3.8) is 0 Å². The summed E-state index contributed by atoms with van der Waals surface area (Å²) in [5, 5.41) is 2.44. The molecule has 0 radical (unpaired) electrons. The Balaban J connectivity index is 1.81. The monoisotopic (exact) mass is 381 g/mol. The first-order chi connectivity index (χ1) is 12.7. The van der Waals surface area contributed by atoms with E-state index in [1.807, 2.05) is 12.1 Å². The van der Waals surface area contributed by atoms with Crippen LogP contribution in [0.5, 0.6) is 0 Å². The Hall–Kier alpha value is -2.37. The van der Waals surface area contributed by atoms with Crippen molar-refractivity contribution in [3.8, 4) is 0 Å². The highest BCUT2D eigenvalue weighted by Gasteiger charge is 2.42. The molecular weight excluding hydrogens is 358 g/mol. The van der Waals surface area contributed by atoms with Crippen molar-refractivity contribution in [3.05, 3.63) is 71.8 Å². The van der Waals surface area contributed by atoms with Crippen LogP contribution in [-0.2, 0) is 22.1 Å². The number of fused-ring (bicyclic) bond motifs is 2. The maximum Gasteiger partial charge on any atom is 0.294 e. The standard InChI is InChI=1S/C22H23NO3S/c1-15-22(2,3)20-13-18(27(24,25)26)11-12-21(20)23(15)14-17-9-6-8-16-7-4-5-10-19(16)17/h4-13,15H,14H2,1-3H3,(H,24,25,26). The summed E-state index contributed by atoms with van der Waals surface area (Å²) >= 11 is 0. The molecule has 0 spiro atoms. The zero-order valence-corrected chi connectivity index (χ0v) is 16.5. The Labute approximate surface area is 160 Å². The second kappa shape index (κ2) is 6.08. The fourth-order valence-electron chi connectivity index (χ4n) is 4.10. The fraction of sp³-hybridized carbons (Fsp3) is 0.273. The topological polar surface area (TPSA) is 57.6 Å². The van der Waals surface area contributed by atoms with Gasteiger partial charge in [0, 0.05) is 23.7 Å². The number of nitrogens with zero attached hydrogens (tertiary/aromatic N) is 1. The van der Waals surface area contributed by atoms with Gasteiger partial charge in [-0.15, -0.1) is 0 Å². The predicted molar refractivity (Wildman–Crippen MR) is 109 cm³/mol. The molecule has 4 rings (SSSR count). The van der Waals surface area contributed by atoms with Crippen molar-refractivity contribution in [2.75, 3.05) is 4.90 Å². The minimum atomic E-state index is -4.22. The molecule has 0 amide bonds. The normalized spacial score (nSPS) is 18.7. The van der Waals surface area contributed by atoms with Gasteiger partial charge in [0.15, 0.2) is 0 Å². The van der Waals surface area contributed by atoms with Crippen LogP contribution in [0.25, 0.3) is 10.8 Å². The molecule has 4 nitrogen and oxygen atoms in total. The van der Waals surface area contributed by atoms with Crippen molar-refractivity contribution >= 4 is 26.6 Å². The van der Waals surface area contributed by atoms with Gasteiger partial charge < -0.3 is 4.90 Å². The lowest BCUT2D eigenvalue weighted by Crippen LogP contribution is -2.38. The summed E-state index contributed by atoms with van der Waals surface area (Å²) in [7, 11) is -4.22. The molecular formula is C22H23NO3S. The van der Waals surface area contributed by atoms with E-state index in [2.05, 4.69) is 62.1 Å². The third-order valence-corrected chi connectivity index (χ3v) is 6.85. The number of anilines is 1. The Morgan fingerprint density at radius 1 is 1.04 bits per heavy atom. The Morgan fingerprint density at radius 2 is 1.74 bits per heavy atom. The molecule has 1 aliphatic heterocycles. The van der Waals surface area contributed by atoms with E-state index in [4.69, 9.17) is 0 Å². The van der Waals surface area contributed by atoms with Gasteiger partial charge in [0.25, 0.3) is 10.1 Å². The molecule has 1 aliphatic rings. The molecule has 0 saturated carbocycles. The lowest BCUT2D eigenvalue weighted by molar-refractivity contribution is 0.439. The number of rotatable bonds is 3. The summed E-state index contributed by atoms with van der Waals surface area (Å²) in [6.45, 7) is 7.14. The smallest absolute Gasteiger partial charge is 0.294 e. The first kappa shape index (κ1) is 18.0. The van der Waals surface area contributed by atoms with Crippen LogP contribution in [0, 0.1) is 0 Å². The number of hydrogen-bond acceptors (Lipinski definition) is 3. The van der Waals surface area contributed by atoms with E-state index < -0.39 is 10.1 Å². The van der Waals surface area contributed by atoms with Crippen LogP contribution < -0.4 is 4.90 Å². The van der Waals surface area contributed by atoms with Gasteiger partial charge in [0.1, 0.15) is 0 Å². The van der Waals surface area contributed by atoms with Crippen LogP contribution in [0.4, 0.5) is 5.69 Å². The van der Waals surface area contributed by atoms with Gasteiger partial charge >= 0.3 is 0 Å². The minimum absolute atomic E-state index is 0.0477. The number of hydrogen-bond donors (Lipinski definition) is 1. The summed E-state index contributed by atoms with van der Waals surface area (Å²) < 4.78 is 32.6. The second-order valence-electron chi connectivity index (χ2n) is 7.82. The average molecular weight is 381 g/mol. The molecule has 0 aromatic heterocycles. The molecule has 140 valence electrons. The van der Waals surface area contributed by atoms with Crippen LogP contribution in [0.2, 0.25) is 0 Å². The molecule has 27 heavy (non-hydrogen) atoms. The van der Waals surface area contributed by atoms with Gasteiger partial charge in [-0.25, -0.2) is 0 Å². The van der Waals surface area contributed by atoms with E-state index in [1.165, 1.54) is 22.4 Å². The highest BCUT2D eigenvalue weighted by atomic mass is 32.2. The van der Waals surface area contributed by atoms with Gasteiger partial charge in [-0.05, 0) is 47.0 Å². The summed E-state index contributed by atoms with van der Waals surface area (Å²) in [6.07, 6.45) is 0. The lowest BCUT2D eigenvalue weighted by atomic mass is 9.81. The van der Waals surface area contributed by atoms with Gasteiger partial charge in [-0.1, -0.05) is 56.3 Å². The molecule has 0 aliphatic carbocycles. The summed E-state index contributed by atoms with van der Waals surface area (Å²) in [5.41, 5.74) is 2.97. The van der Waals surface area contributed by atoms with Crippen LogP contribution in [0.3, 0.4) is 0 Å². The highest BCUT2D eigenvalue weighted by molar-refractivity contribution is 7.85. The van der Waals surface area contributed by atoms with Crippen LogP contribution in [0.15, 0.2) is 65.6 Å². The molecule has 0 saturated heterocycles. The van der Waals surface area contributed by atoms with Crippen LogP contribution in [-0.4, -0.2) is 19.0 Å². The number of benzene rings is 3. The summed E-state index contributed by atoms with van der Waals surface area (Å²) in [5.74, 6) is 0. The summed E-state index contributed by atoms with van der Waals surface area (Å²) in [6, 6.07) is 19.8. The predicted octanol–water partition coefficient (Wildman–Crippen LogP) is 4.77. The van der Waals surface area contributed by atoms with Crippen LogP contribution >= 0.6 is 0 Å². The zero-order chi connectivity index (χ0) is 19.4. The maximum absolute atomic E-state index is 11.6. The second-order valence-corrected chi connectivity index (χ2v) is 9.24. The van der Waals surface area contributed by atoms with Gasteiger partial charge in [0.05, 0.1) is 4.90 Å². The van der Waals surface area contributed by atoms with Gasteiger partial charge in [-0.3, -0.25) is 4.55 Å². The third kappa shape index (κ3) is 2.91. The van der Waals surface area contributed by atoms with E-state index in [0.29, 0.717) is 0 Å². The van der Waals surface area contributed by atoms with Crippen molar-refractivity contribution in [1.29, 1.82) is 0 Å². The van der Waals surface area contributed by atoms with Gasteiger partial charge in [-0.2, -0.15) is 8.42 Å². The molecule has 5 heteroatoms. The van der Waals surface area contributed by atoms with E-state index in [9.17, 15) is 13.0 Å². The Kier molecular flexibility index (Phi) is 4.05. The van der Waals surface area contributed by atoms with Crippen molar-refractivity contribution in [2.24, 2.45) is 0 Å². The Bertz CT molecular complexity index is 1130. The Morgan fingerprint density at radius 3 is 2.48 bits per heavy atom. The SMILES string of the molecule is CC1N(Cc2cccc3ccccc23)c2ccc(S(=O)(=O)O)cc2C1(C)C. The van der Waals surface area contributed by atoms with E-state index >= 15 is 0 Å². The summed E-state index contributed by atoms with van der Waals surface area (Å²) in [4.78, 5) is 2.28. The zero-order valence-electron chi connectivity index (χ0n) is 15.7. The lowest BCUT2D eigenvalue weighted by Gasteiger charge is -2.32. The molecule has 1 heterocycles. The van der Waals surface area contributed by atoms with Crippen molar-refractivity contribution < 1.29 is 13.0 Å². The van der Waals surface area contributed by atoms with Gasteiger partial charge in [0.2, 0.25) is 0 Å². The largest absolute Gasteiger partial charge is 0.363 e. The third-order valence-electron chi connectivity index (χ3n) is 6.00. The molecule has 0 fully saturated rings. The van der Waals surface area contributed by atoms with Crippen molar-refractivity contribution in [1.82, 2.24) is 0 Å². The molecule has 3 aromatic carbocycles. The quantitative estimate of drug-likeness (QED) is 0.664. The maximum atomic E-state index is 11.6. The van der Waals surface area contributed by atoms with E-state index in [0.717, 1.165) is 17.8 Å². The van der Waals surface area contributed by atoms with Crippen LogP contribution in [0.1, 0.15) is 31.9 Å². The minimum Gasteiger partial charge on any atom is -0.363 e. The molecule has 1 N–H and O–H groups in total.